The first-order valence-electron chi connectivity index (χ1n) is 6.58. The summed E-state index contributed by atoms with van der Waals surface area (Å²) in [5.41, 5.74) is 2.73. The average molecular weight is 236 g/mol. The number of hydrogen-bond donors (Lipinski definition) is 0. The minimum Gasteiger partial charge on any atom is -0.294 e. The van der Waals surface area contributed by atoms with Crippen LogP contribution in [-0.2, 0) is 6.54 Å². The molecule has 3 heteroatoms. The van der Waals surface area contributed by atoms with E-state index in [2.05, 4.69) is 18.9 Å². The van der Waals surface area contributed by atoms with Gasteiger partial charge in [0.25, 0.3) is 0 Å². The number of Topliss-reactive ketones (excluding diaryl/α,β-unsaturated/α-hetero) is 1. The summed E-state index contributed by atoms with van der Waals surface area (Å²) >= 11 is 0. The summed E-state index contributed by atoms with van der Waals surface area (Å²) in [6.07, 6.45) is 2.95. The molecule has 0 saturated carbocycles. The fourth-order valence-corrected chi connectivity index (χ4v) is 2.33. The quantitative estimate of drug-likeness (QED) is 0.708. The maximum Gasteiger partial charge on any atom is 0.166 e. The predicted octanol–water partition coefficient (Wildman–Crippen LogP) is 3.53. The number of carbonyl (C=O) groups excluding carboxylic acids is 1. The zero-order chi connectivity index (χ0) is 13.0. The van der Waals surface area contributed by atoms with E-state index in [0.717, 1.165) is 23.5 Å². The Morgan fingerprint density at radius 1 is 1.35 bits per heavy atom. The first-order chi connectivity index (χ1) is 8.01. The Labute approximate surface area is 104 Å². The SMILES string of the molecule is CCCC(C)Cn1nc(C)c(C(=O)CC)c1C. The molecule has 1 rings (SSSR count). The normalized spacial score (nSPS) is 12.8. The van der Waals surface area contributed by atoms with Gasteiger partial charge < -0.3 is 0 Å². The molecule has 0 N–H and O–H groups in total. The van der Waals surface area contributed by atoms with Crippen molar-refractivity contribution in [3.63, 3.8) is 0 Å². The number of aryl methyl sites for hydroxylation is 1. The van der Waals surface area contributed by atoms with Crippen molar-refractivity contribution in [2.24, 2.45) is 5.92 Å². The Morgan fingerprint density at radius 2 is 2.00 bits per heavy atom. The number of rotatable bonds is 6. The molecule has 0 bridgehead atoms. The maximum atomic E-state index is 11.8. The second-order valence-corrected chi connectivity index (χ2v) is 4.90. The standard InChI is InChI=1S/C14H24N2O/c1-6-8-10(3)9-16-12(5)14(11(4)15-16)13(17)7-2/h10H,6-9H2,1-5H3. The van der Waals surface area contributed by atoms with Gasteiger partial charge in [0.05, 0.1) is 11.3 Å². The lowest BCUT2D eigenvalue weighted by molar-refractivity contribution is 0.0987. The monoisotopic (exact) mass is 236 g/mol. The zero-order valence-corrected chi connectivity index (χ0v) is 11.7. The van der Waals surface area contributed by atoms with Crippen molar-refractivity contribution in [3.8, 4) is 0 Å². The van der Waals surface area contributed by atoms with Gasteiger partial charge >= 0.3 is 0 Å². The smallest absolute Gasteiger partial charge is 0.166 e. The third kappa shape index (κ3) is 3.18. The highest BCUT2D eigenvalue weighted by Gasteiger charge is 2.17. The average Bonchev–Trinajstić information content (AvgIpc) is 2.54. The third-order valence-electron chi connectivity index (χ3n) is 3.25. The van der Waals surface area contributed by atoms with Crippen LogP contribution in [0.25, 0.3) is 0 Å². The van der Waals surface area contributed by atoms with E-state index < -0.39 is 0 Å². The van der Waals surface area contributed by atoms with Gasteiger partial charge in [-0.15, -0.1) is 0 Å². The molecule has 0 fully saturated rings. The molecule has 0 radical (unpaired) electrons. The summed E-state index contributed by atoms with van der Waals surface area (Å²) < 4.78 is 2.00. The van der Waals surface area contributed by atoms with E-state index in [0.29, 0.717) is 12.3 Å². The van der Waals surface area contributed by atoms with E-state index in [1.54, 1.807) is 0 Å². The third-order valence-corrected chi connectivity index (χ3v) is 3.25. The van der Waals surface area contributed by atoms with Gasteiger partial charge in [0.1, 0.15) is 0 Å². The number of aromatic nitrogens is 2. The highest BCUT2D eigenvalue weighted by molar-refractivity contribution is 5.97. The number of nitrogens with zero attached hydrogens (tertiary/aromatic N) is 2. The van der Waals surface area contributed by atoms with Gasteiger partial charge in [0.15, 0.2) is 5.78 Å². The summed E-state index contributed by atoms with van der Waals surface area (Å²) in [7, 11) is 0. The van der Waals surface area contributed by atoms with Gasteiger partial charge in [-0.25, -0.2) is 0 Å². The Bertz CT molecular complexity index is 393. The van der Waals surface area contributed by atoms with Crippen LogP contribution in [0.4, 0.5) is 0 Å². The van der Waals surface area contributed by atoms with Gasteiger partial charge in [0.2, 0.25) is 0 Å². The summed E-state index contributed by atoms with van der Waals surface area (Å²) in [5, 5.41) is 4.50. The summed E-state index contributed by atoms with van der Waals surface area (Å²) in [6, 6.07) is 0. The first kappa shape index (κ1) is 13.9. The van der Waals surface area contributed by atoms with E-state index >= 15 is 0 Å². The molecule has 1 unspecified atom stereocenters. The minimum atomic E-state index is 0.203. The molecule has 17 heavy (non-hydrogen) atoms. The number of hydrogen-bond acceptors (Lipinski definition) is 2. The zero-order valence-electron chi connectivity index (χ0n) is 11.7. The van der Waals surface area contributed by atoms with Crippen molar-refractivity contribution in [1.29, 1.82) is 0 Å². The van der Waals surface area contributed by atoms with Crippen molar-refractivity contribution >= 4 is 5.78 Å². The van der Waals surface area contributed by atoms with Crippen molar-refractivity contribution in [3.05, 3.63) is 17.0 Å². The van der Waals surface area contributed by atoms with Gasteiger partial charge in [0, 0.05) is 18.7 Å². The molecule has 96 valence electrons. The topological polar surface area (TPSA) is 34.9 Å². The molecule has 0 aliphatic heterocycles. The van der Waals surface area contributed by atoms with Crippen LogP contribution in [0, 0.1) is 19.8 Å². The van der Waals surface area contributed by atoms with Crippen molar-refractivity contribution in [2.75, 3.05) is 0 Å². The largest absolute Gasteiger partial charge is 0.294 e. The molecular weight excluding hydrogens is 212 g/mol. The van der Waals surface area contributed by atoms with Crippen LogP contribution in [0.3, 0.4) is 0 Å². The lowest BCUT2D eigenvalue weighted by Gasteiger charge is -2.11. The van der Waals surface area contributed by atoms with Gasteiger partial charge in [-0.1, -0.05) is 27.2 Å². The van der Waals surface area contributed by atoms with Gasteiger partial charge in [-0.2, -0.15) is 5.10 Å². The molecule has 1 aromatic heterocycles. The maximum absolute atomic E-state index is 11.8. The van der Waals surface area contributed by atoms with Crippen LogP contribution >= 0.6 is 0 Å². The Morgan fingerprint density at radius 3 is 2.53 bits per heavy atom. The van der Waals surface area contributed by atoms with E-state index in [9.17, 15) is 4.79 Å². The molecule has 1 atom stereocenters. The predicted molar refractivity (Wildman–Crippen MR) is 70.4 cm³/mol. The molecule has 0 saturated heterocycles. The fourth-order valence-electron chi connectivity index (χ4n) is 2.33. The molecule has 0 amide bonds. The van der Waals surface area contributed by atoms with Crippen LogP contribution in [-0.4, -0.2) is 15.6 Å². The van der Waals surface area contributed by atoms with Crippen LogP contribution < -0.4 is 0 Å². The Balaban J connectivity index is 2.92. The lowest BCUT2D eigenvalue weighted by atomic mass is 10.1. The fraction of sp³-hybridized carbons (Fsp3) is 0.714. The molecule has 1 aromatic rings. The van der Waals surface area contributed by atoms with Crippen molar-refractivity contribution in [2.45, 2.75) is 60.4 Å². The van der Waals surface area contributed by atoms with Crippen LogP contribution in [0.15, 0.2) is 0 Å². The van der Waals surface area contributed by atoms with E-state index in [1.165, 1.54) is 12.8 Å². The number of ketones is 1. The van der Waals surface area contributed by atoms with Gasteiger partial charge in [-0.3, -0.25) is 9.48 Å². The molecular formula is C14H24N2O. The van der Waals surface area contributed by atoms with E-state index in [1.807, 2.05) is 25.5 Å². The van der Waals surface area contributed by atoms with Crippen molar-refractivity contribution < 1.29 is 4.79 Å². The van der Waals surface area contributed by atoms with Crippen LogP contribution in [0.2, 0.25) is 0 Å². The summed E-state index contributed by atoms with van der Waals surface area (Å²) in [6.45, 7) is 11.2. The second kappa shape index (κ2) is 5.99. The van der Waals surface area contributed by atoms with Crippen molar-refractivity contribution in [1.82, 2.24) is 9.78 Å². The Kier molecular flexibility index (Phi) is 4.91. The van der Waals surface area contributed by atoms with E-state index in [-0.39, 0.29) is 5.78 Å². The molecule has 0 aliphatic rings. The molecule has 1 heterocycles. The molecule has 0 aliphatic carbocycles. The first-order valence-corrected chi connectivity index (χ1v) is 6.58. The second-order valence-electron chi connectivity index (χ2n) is 4.90. The Hall–Kier alpha value is -1.12. The molecule has 0 spiro atoms. The summed E-state index contributed by atoms with van der Waals surface area (Å²) in [5.74, 6) is 0.817. The van der Waals surface area contributed by atoms with E-state index in [4.69, 9.17) is 0 Å². The number of carbonyl (C=O) groups is 1. The highest BCUT2D eigenvalue weighted by atomic mass is 16.1. The van der Waals surface area contributed by atoms with Crippen LogP contribution in [0.1, 0.15) is 61.8 Å². The highest BCUT2D eigenvalue weighted by Crippen LogP contribution is 2.17. The molecule has 0 aromatic carbocycles. The molecule has 3 nitrogen and oxygen atoms in total. The summed E-state index contributed by atoms with van der Waals surface area (Å²) in [4.78, 5) is 11.8. The van der Waals surface area contributed by atoms with Crippen LogP contribution in [0.5, 0.6) is 0 Å². The minimum absolute atomic E-state index is 0.203. The van der Waals surface area contributed by atoms with Gasteiger partial charge in [-0.05, 0) is 26.2 Å². The lowest BCUT2D eigenvalue weighted by Crippen LogP contribution is -2.11.